The van der Waals surface area contributed by atoms with Gasteiger partial charge in [-0.3, -0.25) is 0 Å². The van der Waals surface area contributed by atoms with Crippen LogP contribution in [0.2, 0.25) is 0 Å². The molecular formula is C18H16F3N5O. The minimum atomic E-state index is -4.39. The fourth-order valence-electron chi connectivity index (χ4n) is 2.41. The Labute approximate surface area is 153 Å². The third-order valence-electron chi connectivity index (χ3n) is 3.71. The lowest BCUT2D eigenvalue weighted by atomic mass is 10.1. The van der Waals surface area contributed by atoms with E-state index in [4.69, 9.17) is 10.5 Å². The molecule has 2 aromatic heterocycles. The zero-order valence-electron chi connectivity index (χ0n) is 14.3. The van der Waals surface area contributed by atoms with Crippen molar-refractivity contribution < 1.29 is 17.9 Å². The van der Waals surface area contributed by atoms with Gasteiger partial charge in [-0.05, 0) is 23.8 Å². The molecular weight excluding hydrogens is 359 g/mol. The SMILES string of the molecule is COc1ccc(-c2cc(NCc3cccc(C(F)(F)F)c3)nc(N)n2)cn1. The molecule has 0 aliphatic carbocycles. The van der Waals surface area contributed by atoms with Gasteiger partial charge in [-0.15, -0.1) is 0 Å². The smallest absolute Gasteiger partial charge is 0.416 e. The molecule has 0 bridgehead atoms. The Kier molecular flexibility index (Phi) is 5.11. The Balaban J connectivity index is 1.78. The number of ether oxygens (including phenoxy) is 1. The molecule has 0 fully saturated rings. The van der Waals surface area contributed by atoms with E-state index in [-0.39, 0.29) is 12.5 Å². The van der Waals surface area contributed by atoms with Gasteiger partial charge in [-0.1, -0.05) is 12.1 Å². The van der Waals surface area contributed by atoms with Gasteiger partial charge in [0.05, 0.1) is 18.4 Å². The summed E-state index contributed by atoms with van der Waals surface area (Å²) in [6.45, 7) is 0.153. The Hall–Kier alpha value is -3.36. The maximum Gasteiger partial charge on any atom is 0.416 e. The standard InChI is InChI=1S/C18H16F3N5O/c1-27-16-6-5-12(10-24-16)14-8-15(26-17(22)25-14)23-9-11-3-2-4-13(7-11)18(19,20)21/h2-8,10H,9H2,1H3,(H3,22,23,25,26). The first kappa shape index (κ1) is 18.4. The van der Waals surface area contributed by atoms with Crippen LogP contribution in [0.15, 0.2) is 48.7 Å². The molecule has 0 unspecified atom stereocenters. The van der Waals surface area contributed by atoms with Crippen LogP contribution in [0.1, 0.15) is 11.1 Å². The van der Waals surface area contributed by atoms with Gasteiger partial charge in [-0.25, -0.2) is 9.97 Å². The van der Waals surface area contributed by atoms with Crippen LogP contribution in [0, 0.1) is 0 Å². The molecule has 2 heterocycles. The van der Waals surface area contributed by atoms with Gasteiger partial charge in [0.25, 0.3) is 0 Å². The fraction of sp³-hybridized carbons (Fsp3) is 0.167. The van der Waals surface area contributed by atoms with Crippen molar-refractivity contribution in [1.82, 2.24) is 15.0 Å². The van der Waals surface area contributed by atoms with Gasteiger partial charge in [0.2, 0.25) is 11.8 Å². The maximum atomic E-state index is 12.8. The minimum absolute atomic E-state index is 0.0369. The molecule has 0 saturated heterocycles. The topological polar surface area (TPSA) is 86.0 Å². The van der Waals surface area contributed by atoms with E-state index in [0.717, 1.165) is 12.1 Å². The maximum absolute atomic E-state index is 12.8. The number of methoxy groups -OCH3 is 1. The van der Waals surface area contributed by atoms with E-state index < -0.39 is 11.7 Å². The summed E-state index contributed by atoms with van der Waals surface area (Å²) in [5.74, 6) is 0.893. The van der Waals surface area contributed by atoms with Gasteiger partial charge in [0.1, 0.15) is 5.82 Å². The minimum Gasteiger partial charge on any atom is -0.481 e. The zero-order chi connectivity index (χ0) is 19.4. The lowest BCUT2D eigenvalue weighted by Gasteiger charge is -2.11. The predicted octanol–water partition coefficient (Wildman–Crippen LogP) is 3.76. The number of aromatic nitrogens is 3. The first-order valence-electron chi connectivity index (χ1n) is 7.90. The second-order valence-corrected chi connectivity index (χ2v) is 5.64. The summed E-state index contributed by atoms with van der Waals surface area (Å²) in [4.78, 5) is 12.3. The molecule has 0 radical (unpaired) electrons. The highest BCUT2D eigenvalue weighted by molar-refractivity contribution is 5.63. The first-order chi connectivity index (χ1) is 12.8. The highest BCUT2D eigenvalue weighted by Gasteiger charge is 2.30. The summed E-state index contributed by atoms with van der Waals surface area (Å²) in [6, 6.07) is 10.2. The molecule has 0 aliphatic heterocycles. The van der Waals surface area contributed by atoms with Crippen molar-refractivity contribution in [1.29, 1.82) is 0 Å². The van der Waals surface area contributed by atoms with E-state index >= 15 is 0 Å². The number of halogens is 3. The number of alkyl halides is 3. The predicted molar refractivity (Wildman–Crippen MR) is 95.0 cm³/mol. The van der Waals surface area contributed by atoms with Crippen LogP contribution in [0.3, 0.4) is 0 Å². The van der Waals surface area contributed by atoms with Gasteiger partial charge < -0.3 is 15.8 Å². The third-order valence-corrected chi connectivity index (χ3v) is 3.71. The van der Waals surface area contributed by atoms with E-state index in [1.165, 1.54) is 13.2 Å². The quantitative estimate of drug-likeness (QED) is 0.706. The lowest BCUT2D eigenvalue weighted by molar-refractivity contribution is -0.137. The summed E-state index contributed by atoms with van der Waals surface area (Å²) in [5, 5.41) is 2.97. The molecule has 0 spiro atoms. The highest BCUT2D eigenvalue weighted by atomic mass is 19.4. The van der Waals surface area contributed by atoms with Crippen LogP contribution in [0.5, 0.6) is 5.88 Å². The van der Waals surface area contributed by atoms with Crippen molar-refractivity contribution >= 4 is 11.8 Å². The summed E-state index contributed by atoms with van der Waals surface area (Å²) >= 11 is 0. The number of rotatable bonds is 5. The Morgan fingerprint density at radius 2 is 1.93 bits per heavy atom. The third kappa shape index (κ3) is 4.63. The first-order valence-corrected chi connectivity index (χ1v) is 7.90. The number of anilines is 2. The summed E-state index contributed by atoms with van der Waals surface area (Å²) < 4.78 is 43.4. The number of hydrogen-bond donors (Lipinski definition) is 2. The average Bonchev–Trinajstić information content (AvgIpc) is 2.65. The van der Waals surface area contributed by atoms with Gasteiger partial charge in [-0.2, -0.15) is 18.2 Å². The van der Waals surface area contributed by atoms with E-state index in [2.05, 4.69) is 20.3 Å². The molecule has 3 N–H and O–H groups in total. The normalized spacial score (nSPS) is 11.3. The van der Waals surface area contributed by atoms with Crippen LogP contribution in [0.4, 0.5) is 24.9 Å². The molecule has 0 aliphatic rings. The van der Waals surface area contributed by atoms with Gasteiger partial charge in [0, 0.05) is 30.4 Å². The molecule has 0 saturated carbocycles. The highest BCUT2D eigenvalue weighted by Crippen LogP contribution is 2.29. The second-order valence-electron chi connectivity index (χ2n) is 5.64. The molecule has 0 atom stereocenters. The van der Waals surface area contributed by atoms with Crippen molar-refractivity contribution in [2.24, 2.45) is 0 Å². The van der Waals surface area contributed by atoms with Crippen molar-refractivity contribution in [2.45, 2.75) is 12.7 Å². The number of benzene rings is 1. The molecule has 3 aromatic rings. The van der Waals surface area contributed by atoms with E-state index in [9.17, 15) is 13.2 Å². The van der Waals surface area contributed by atoms with Crippen molar-refractivity contribution in [3.8, 4) is 17.1 Å². The van der Waals surface area contributed by atoms with Crippen LogP contribution in [-0.2, 0) is 12.7 Å². The zero-order valence-corrected chi connectivity index (χ0v) is 14.3. The second kappa shape index (κ2) is 7.48. The van der Waals surface area contributed by atoms with E-state index in [0.29, 0.717) is 28.5 Å². The van der Waals surface area contributed by atoms with Crippen LogP contribution >= 0.6 is 0 Å². The number of nitrogens with two attached hydrogens (primary N) is 1. The molecule has 140 valence electrons. The van der Waals surface area contributed by atoms with Gasteiger partial charge in [0.15, 0.2) is 0 Å². The summed E-state index contributed by atoms with van der Waals surface area (Å²) in [5.41, 5.74) is 6.75. The average molecular weight is 375 g/mol. The Bertz CT molecular complexity index is 929. The van der Waals surface area contributed by atoms with Crippen LogP contribution in [-0.4, -0.2) is 22.1 Å². The number of nitrogens with one attached hydrogen (secondary N) is 1. The number of pyridine rings is 1. The monoisotopic (exact) mass is 375 g/mol. The van der Waals surface area contributed by atoms with Crippen LogP contribution < -0.4 is 15.8 Å². The summed E-state index contributed by atoms with van der Waals surface area (Å²) in [7, 11) is 1.51. The molecule has 0 amide bonds. The molecule has 6 nitrogen and oxygen atoms in total. The molecule has 27 heavy (non-hydrogen) atoms. The number of hydrogen-bond acceptors (Lipinski definition) is 6. The molecule has 1 aromatic carbocycles. The van der Waals surface area contributed by atoms with Crippen molar-refractivity contribution in [2.75, 3.05) is 18.2 Å². The van der Waals surface area contributed by atoms with E-state index in [1.54, 1.807) is 30.5 Å². The number of nitrogen functional groups attached to an aromatic ring is 1. The van der Waals surface area contributed by atoms with Gasteiger partial charge >= 0.3 is 6.18 Å². The summed E-state index contributed by atoms with van der Waals surface area (Å²) in [6.07, 6.45) is -2.80. The Morgan fingerprint density at radius 1 is 1.11 bits per heavy atom. The fourth-order valence-corrected chi connectivity index (χ4v) is 2.41. The van der Waals surface area contributed by atoms with Crippen molar-refractivity contribution in [3.63, 3.8) is 0 Å². The molecule has 9 heteroatoms. The van der Waals surface area contributed by atoms with Crippen molar-refractivity contribution in [3.05, 3.63) is 59.8 Å². The number of nitrogens with zero attached hydrogens (tertiary/aromatic N) is 3. The Morgan fingerprint density at radius 3 is 2.59 bits per heavy atom. The lowest BCUT2D eigenvalue weighted by Crippen LogP contribution is -2.08. The van der Waals surface area contributed by atoms with Crippen LogP contribution in [0.25, 0.3) is 11.3 Å². The molecule has 3 rings (SSSR count). The van der Waals surface area contributed by atoms with E-state index in [1.807, 2.05) is 0 Å². The largest absolute Gasteiger partial charge is 0.481 e.